The summed E-state index contributed by atoms with van der Waals surface area (Å²) in [6.45, 7) is 5.93. The van der Waals surface area contributed by atoms with Crippen molar-refractivity contribution in [3.8, 4) is 11.5 Å². The van der Waals surface area contributed by atoms with Gasteiger partial charge in [0.2, 0.25) is 0 Å². The smallest absolute Gasteiger partial charge is 0.179 e. The van der Waals surface area contributed by atoms with Crippen LogP contribution >= 0.6 is 24.0 Å². The van der Waals surface area contributed by atoms with Gasteiger partial charge in [-0.3, -0.25) is 4.90 Å². The van der Waals surface area contributed by atoms with E-state index >= 15 is 0 Å². The first-order valence-electron chi connectivity index (χ1n) is 6.84. The van der Waals surface area contributed by atoms with Crippen LogP contribution in [0, 0.1) is 5.41 Å². The molecule has 0 saturated carbocycles. The molecule has 0 bridgehead atoms. The third-order valence-electron chi connectivity index (χ3n) is 4.03. The number of methoxy groups -OCH3 is 2. The van der Waals surface area contributed by atoms with Gasteiger partial charge < -0.3 is 15.2 Å². The van der Waals surface area contributed by atoms with Gasteiger partial charge in [-0.1, -0.05) is 18.5 Å². The second-order valence-electron chi connectivity index (χ2n) is 5.79. The van der Waals surface area contributed by atoms with Gasteiger partial charge in [0, 0.05) is 13.1 Å². The van der Waals surface area contributed by atoms with E-state index in [2.05, 4.69) is 11.8 Å². The topological polar surface area (TPSA) is 47.7 Å². The Balaban J connectivity index is 0.00000220. The third-order valence-corrected chi connectivity index (χ3v) is 4.31. The van der Waals surface area contributed by atoms with Crippen LogP contribution in [-0.2, 0) is 6.54 Å². The highest BCUT2D eigenvalue weighted by Crippen LogP contribution is 2.37. The summed E-state index contributed by atoms with van der Waals surface area (Å²) >= 11 is 6.24. The average Bonchev–Trinajstić information content (AvgIpc) is 2.80. The number of nitrogens with two attached hydrogens (primary N) is 1. The molecule has 0 amide bonds. The van der Waals surface area contributed by atoms with Gasteiger partial charge in [0.25, 0.3) is 0 Å². The van der Waals surface area contributed by atoms with Gasteiger partial charge in [0.15, 0.2) is 11.5 Å². The van der Waals surface area contributed by atoms with Crippen molar-refractivity contribution >= 4 is 24.0 Å². The van der Waals surface area contributed by atoms with Gasteiger partial charge >= 0.3 is 0 Å². The number of hydrogen-bond acceptors (Lipinski definition) is 4. The molecule has 1 saturated heterocycles. The van der Waals surface area contributed by atoms with Crippen molar-refractivity contribution in [2.45, 2.75) is 19.9 Å². The van der Waals surface area contributed by atoms with Crippen molar-refractivity contribution in [1.82, 2.24) is 4.90 Å². The Morgan fingerprint density at radius 2 is 2.05 bits per heavy atom. The second-order valence-corrected chi connectivity index (χ2v) is 6.20. The van der Waals surface area contributed by atoms with Gasteiger partial charge in [-0.05, 0) is 42.6 Å². The molecule has 4 nitrogen and oxygen atoms in total. The van der Waals surface area contributed by atoms with E-state index in [1.165, 1.54) is 0 Å². The molecular formula is C15H24Cl2N2O2. The zero-order valence-corrected chi connectivity index (χ0v) is 14.4. The molecular weight excluding hydrogens is 311 g/mol. The number of ether oxygens (including phenoxy) is 2. The lowest BCUT2D eigenvalue weighted by Crippen LogP contribution is -2.31. The first-order valence-corrected chi connectivity index (χ1v) is 7.22. The summed E-state index contributed by atoms with van der Waals surface area (Å²) in [5.74, 6) is 1.27. The maximum absolute atomic E-state index is 6.24. The first-order chi connectivity index (χ1) is 9.51. The fourth-order valence-electron chi connectivity index (χ4n) is 2.75. The molecule has 1 aliphatic rings. The minimum atomic E-state index is 0. The molecule has 1 fully saturated rings. The Hall–Kier alpha value is -0.680. The molecule has 21 heavy (non-hydrogen) atoms. The Bertz CT molecular complexity index is 485. The Kier molecular flexibility index (Phi) is 6.60. The summed E-state index contributed by atoms with van der Waals surface area (Å²) in [6, 6.07) is 3.93. The number of nitrogens with zero attached hydrogens (tertiary/aromatic N) is 1. The zero-order chi connectivity index (χ0) is 14.8. The number of halogens is 2. The van der Waals surface area contributed by atoms with E-state index in [1.54, 1.807) is 14.2 Å². The van der Waals surface area contributed by atoms with E-state index in [0.717, 1.165) is 38.2 Å². The van der Waals surface area contributed by atoms with Crippen LogP contribution in [0.3, 0.4) is 0 Å². The second kappa shape index (κ2) is 7.54. The van der Waals surface area contributed by atoms with Gasteiger partial charge in [-0.15, -0.1) is 12.4 Å². The highest BCUT2D eigenvalue weighted by molar-refractivity contribution is 6.32. The van der Waals surface area contributed by atoms with Crippen LogP contribution in [0.25, 0.3) is 0 Å². The molecule has 0 spiro atoms. The van der Waals surface area contributed by atoms with Gasteiger partial charge in [0.1, 0.15) is 0 Å². The van der Waals surface area contributed by atoms with E-state index in [0.29, 0.717) is 16.5 Å². The summed E-state index contributed by atoms with van der Waals surface area (Å²) in [6.07, 6.45) is 1.14. The number of likely N-dealkylation sites (tertiary alicyclic amines) is 1. The summed E-state index contributed by atoms with van der Waals surface area (Å²) < 4.78 is 10.6. The fraction of sp³-hybridized carbons (Fsp3) is 0.600. The van der Waals surface area contributed by atoms with E-state index in [1.807, 2.05) is 12.1 Å². The SMILES string of the molecule is COc1cc(CN2CCC(C)(CN)C2)cc(Cl)c1OC.Cl. The van der Waals surface area contributed by atoms with Crippen molar-refractivity contribution in [3.63, 3.8) is 0 Å². The molecule has 1 aliphatic heterocycles. The molecule has 1 unspecified atom stereocenters. The fourth-order valence-corrected chi connectivity index (χ4v) is 3.06. The Morgan fingerprint density at radius 1 is 1.33 bits per heavy atom. The quantitative estimate of drug-likeness (QED) is 0.899. The van der Waals surface area contributed by atoms with Crippen molar-refractivity contribution in [2.24, 2.45) is 11.1 Å². The first kappa shape index (κ1) is 18.4. The lowest BCUT2D eigenvalue weighted by Gasteiger charge is -2.23. The maximum Gasteiger partial charge on any atom is 0.179 e. The lowest BCUT2D eigenvalue weighted by molar-refractivity contribution is 0.274. The molecule has 6 heteroatoms. The molecule has 2 rings (SSSR count). The summed E-state index contributed by atoms with van der Waals surface area (Å²) in [4.78, 5) is 2.41. The minimum absolute atomic E-state index is 0. The lowest BCUT2D eigenvalue weighted by atomic mass is 9.90. The van der Waals surface area contributed by atoms with Crippen LogP contribution in [0.5, 0.6) is 11.5 Å². The zero-order valence-electron chi connectivity index (χ0n) is 12.8. The van der Waals surface area contributed by atoms with E-state index in [4.69, 9.17) is 26.8 Å². The van der Waals surface area contributed by atoms with Crippen molar-refractivity contribution < 1.29 is 9.47 Å². The molecule has 1 aromatic carbocycles. The standard InChI is InChI=1S/C15H23ClN2O2.ClH/c1-15(9-17)4-5-18(10-15)8-11-6-12(16)14(20-3)13(7-11)19-2;/h6-7H,4-5,8-10,17H2,1-3H3;1H. The van der Waals surface area contributed by atoms with E-state index in [9.17, 15) is 0 Å². The van der Waals surface area contributed by atoms with Crippen LogP contribution < -0.4 is 15.2 Å². The highest BCUT2D eigenvalue weighted by Gasteiger charge is 2.32. The monoisotopic (exact) mass is 334 g/mol. The molecule has 0 radical (unpaired) electrons. The maximum atomic E-state index is 6.24. The molecule has 1 atom stereocenters. The number of rotatable bonds is 5. The van der Waals surface area contributed by atoms with Crippen molar-refractivity contribution in [2.75, 3.05) is 33.9 Å². The molecule has 0 aromatic heterocycles. The normalized spacial score (nSPS) is 22.0. The number of hydrogen-bond donors (Lipinski definition) is 1. The number of benzene rings is 1. The summed E-state index contributed by atoms with van der Waals surface area (Å²) in [5, 5.41) is 0.586. The van der Waals surface area contributed by atoms with E-state index < -0.39 is 0 Å². The van der Waals surface area contributed by atoms with Crippen LogP contribution in [0.4, 0.5) is 0 Å². The largest absolute Gasteiger partial charge is 0.493 e. The van der Waals surface area contributed by atoms with Crippen molar-refractivity contribution in [1.29, 1.82) is 0 Å². The van der Waals surface area contributed by atoms with Crippen LogP contribution in [0.2, 0.25) is 5.02 Å². The van der Waals surface area contributed by atoms with Crippen molar-refractivity contribution in [3.05, 3.63) is 22.7 Å². The molecule has 2 N–H and O–H groups in total. The van der Waals surface area contributed by atoms with Crippen LogP contribution in [0.1, 0.15) is 18.9 Å². The average molecular weight is 335 g/mol. The van der Waals surface area contributed by atoms with Crippen LogP contribution in [-0.4, -0.2) is 38.8 Å². The third kappa shape index (κ3) is 4.16. The van der Waals surface area contributed by atoms with E-state index in [-0.39, 0.29) is 17.8 Å². The summed E-state index contributed by atoms with van der Waals surface area (Å²) in [7, 11) is 3.22. The van der Waals surface area contributed by atoms with Gasteiger partial charge in [-0.2, -0.15) is 0 Å². The minimum Gasteiger partial charge on any atom is -0.493 e. The van der Waals surface area contributed by atoms with Gasteiger partial charge in [-0.25, -0.2) is 0 Å². The molecule has 0 aliphatic carbocycles. The molecule has 1 aromatic rings. The Morgan fingerprint density at radius 3 is 2.57 bits per heavy atom. The molecule has 120 valence electrons. The van der Waals surface area contributed by atoms with Crippen LogP contribution in [0.15, 0.2) is 12.1 Å². The summed E-state index contributed by atoms with van der Waals surface area (Å²) in [5.41, 5.74) is 7.22. The predicted octanol–water partition coefficient (Wildman–Crippen LogP) is 2.95. The van der Waals surface area contributed by atoms with Gasteiger partial charge in [0.05, 0.1) is 19.2 Å². The highest BCUT2D eigenvalue weighted by atomic mass is 35.5. The Labute approximate surface area is 137 Å². The predicted molar refractivity (Wildman–Crippen MR) is 88.9 cm³/mol. The molecule has 1 heterocycles.